The van der Waals surface area contributed by atoms with Crippen LogP contribution >= 0.6 is 11.6 Å². The highest BCUT2D eigenvalue weighted by Gasteiger charge is 2.40. The number of aromatic nitrogens is 2. The summed E-state index contributed by atoms with van der Waals surface area (Å²) in [6, 6.07) is 0.105. The molecule has 8 heteroatoms. The lowest BCUT2D eigenvalue weighted by molar-refractivity contribution is 0.000272. The third kappa shape index (κ3) is 2.60. The topological polar surface area (TPSA) is 81.5 Å². The van der Waals surface area contributed by atoms with E-state index in [1.807, 2.05) is 0 Å². The number of rotatable bonds is 2. The second-order valence-corrected chi connectivity index (χ2v) is 6.86. The van der Waals surface area contributed by atoms with E-state index in [0.717, 1.165) is 0 Å². The van der Waals surface area contributed by atoms with Gasteiger partial charge in [0.05, 0.1) is 37.6 Å². The molecule has 0 aromatic carbocycles. The van der Waals surface area contributed by atoms with Crippen LogP contribution in [-0.4, -0.2) is 57.3 Å². The van der Waals surface area contributed by atoms with Crippen molar-refractivity contribution in [1.82, 2.24) is 9.97 Å². The summed E-state index contributed by atoms with van der Waals surface area (Å²) in [7, 11) is 0. The van der Waals surface area contributed by atoms with Gasteiger partial charge in [-0.2, -0.15) is 4.98 Å². The first-order valence-corrected chi connectivity index (χ1v) is 8.40. The van der Waals surface area contributed by atoms with E-state index in [2.05, 4.69) is 14.9 Å². The van der Waals surface area contributed by atoms with E-state index >= 15 is 0 Å². The Labute approximate surface area is 125 Å². The van der Waals surface area contributed by atoms with Gasteiger partial charge in [-0.3, -0.25) is 0 Å². The van der Waals surface area contributed by atoms with Gasteiger partial charge in [0, 0.05) is 11.2 Å². The molecule has 0 saturated carbocycles. The first kappa shape index (κ1) is 14.3. The van der Waals surface area contributed by atoms with Crippen LogP contribution in [0.2, 0.25) is 5.02 Å². The SMILES string of the molecule is C[S+]([O-])c1nc(N2[C@@H]3COC[C@H]2C[C@@H](O)C3)ncc1Cl. The first-order chi connectivity index (χ1) is 9.56. The predicted octanol–water partition coefficient (Wildman–Crippen LogP) is 0.596. The summed E-state index contributed by atoms with van der Waals surface area (Å²) in [5.41, 5.74) is 0. The molecule has 3 heterocycles. The lowest BCUT2D eigenvalue weighted by atomic mass is 9.92. The molecule has 0 radical (unpaired) electrons. The second kappa shape index (κ2) is 5.65. The minimum Gasteiger partial charge on any atom is -0.610 e. The summed E-state index contributed by atoms with van der Waals surface area (Å²) < 4.78 is 17.2. The van der Waals surface area contributed by atoms with Gasteiger partial charge < -0.3 is 19.3 Å². The molecular weight excluding hydrogens is 302 g/mol. The number of anilines is 1. The van der Waals surface area contributed by atoms with E-state index in [9.17, 15) is 9.66 Å². The van der Waals surface area contributed by atoms with E-state index in [4.69, 9.17) is 16.3 Å². The zero-order chi connectivity index (χ0) is 14.3. The normalized spacial score (nSPS) is 31.2. The fourth-order valence-electron chi connectivity index (χ4n) is 2.88. The number of ether oxygens (including phenoxy) is 1. The number of nitrogens with zero attached hydrogens (tertiary/aromatic N) is 3. The molecule has 0 aliphatic carbocycles. The monoisotopic (exact) mass is 317 g/mol. The minimum atomic E-state index is -1.26. The van der Waals surface area contributed by atoms with Crippen LogP contribution < -0.4 is 4.90 Å². The average Bonchev–Trinajstić information content (AvgIpc) is 2.38. The predicted molar refractivity (Wildman–Crippen MR) is 75.5 cm³/mol. The van der Waals surface area contributed by atoms with Crippen LogP contribution in [0.5, 0.6) is 0 Å². The maximum Gasteiger partial charge on any atom is 0.267 e. The van der Waals surface area contributed by atoms with E-state index in [1.165, 1.54) is 6.20 Å². The van der Waals surface area contributed by atoms with Crippen LogP contribution in [0.4, 0.5) is 5.95 Å². The Hall–Kier alpha value is -0.600. The lowest BCUT2D eigenvalue weighted by Gasteiger charge is -2.47. The lowest BCUT2D eigenvalue weighted by Crippen LogP contribution is -2.59. The second-order valence-electron chi connectivity index (χ2n) is 5.15. The molecule has 2 aliphatic heterocycles. The molecule has 2 fully saturated rings. The van der Waals surface area contributed by atoms with Crippen molar-refractivity contribution < 1.29 is 14.4 Å². The summed E-state index contributed by atoms with van der Waals surface area (Å²) in [6.07, 6.45) is 3.99. The van der Waals surface area contributed by atoms with Gasteiger partial charge in [0.15, 0.2) is 0 Å². The van der Waals surface area contributed by atoms with Crippen molar-refractivity contribution in [2.24, 2.45) is 0 Å². The molecule has 1 unspecified atom stereocenters. The molecule has 2 bridgehead atoms. The van der Waals surface area contributed by atoms with Crippen molar-refractivity contribution in [2.45, 2.75) is 36.1 Å². The molecule has 0 amide bonds. The highest BCUT2D eigenvalue weighted by molar-refractivity contribution is 7.90. The molecule has 110 valence electrons. The zero-order valence-electron chi connectivity index (χ0n) is 11.0. The maximum atomic E-state index is 11.7. The Morgan fingerprint density at radius 3 is 2.70 bits per heavy atom. The van der Waals surface area contributed by atoms with Gasteiger partial charge in [-0.1, -0.05) is 11.6 Å². The van der Waals surface area contributed by atoms with Crippen LogP contribution in [0.3, 0.4) is 0 Å². The Morgan fingerprint density at radius 2 is 2.10 bits per heavy atom. The zero-order valence-corrected chi connectivity index (χ0v) is 12.6. The number of aliphatic hydroxyl groups is 1. The number of hydrogen-bond acceptors (Lipinski definition) is 6. The maximum absolute atomic E-state index is 11.7. The molecule has 2 aliphatic rings. The van der Waals surface area contributed by atoms with Crippen LogP contribution in [0.25, 0.3) is 0 Å². The molecule has 3 rings (SSSR count). The molecule has 20 heavy (non-hydrogen) atoms. The molecule has 4 atom stereocenters. The van der Waals surface area contributed by atoms with Crippen molar-refractivity contribution in [3.05, 3.63) is 11.2 Å². The van der Waals surface area contributed by atoms with Crippen molar-refractivity contribution in [3.8, 4) is 0 Å². The van der Waals surface area contributed by atoms with E-state index in [-0.39, 0.29) is 18.2 Å². The Kier molecular flexibility index (Phi) is 4.05. The average molecular weight is 318 g/mol. The smallest absolute Gasteiger partial charge is 0.267 e. The Balaban J connectivity index is 1.94. The van der Waals surface area contributed by atoms with Crippen molar-refractivity contribution >= 4 is 28.7 Å². The Morgan fingerprint density at radius 1 is 1.45 bits per heavy atom. The van der Waals surface area contributed by atoms with Gasteiger partial charge in [-0.05, 0) is 12.8 Å². The molecule has 2 saturated heterocycles. The fraction of sp³-hybridized carbons (Fsp3) is 0.667. The van der Waals surface area contributed by atoms with Gasteiger partial charge in [0.1, 0.15) is 11.3 Å². The standard InChI is InChI=1S/C12H16ClN3O3S/c1-20(18)11-10(13)4-14-12(15-11)16-7-2-9(17)3-8(16)6-19-5-7/h4,7-9,17H,2-3,5-6H2,1H3/t7-,8+,9-,20?. The van der Waals surface area contributed by atoms with Gasteiger partial charge in [-0.15, -0.1) is 0 Å². The third-order valence-corrected chi connectivity index (χ3v) is 4.94. The molecule has 1 aromatic rings. The van der Waals surface area contributed by atoms with Crippen LogP contribution in [0.1, 0.15) is 12.8 Å². The molecule has 0 spiro atoms. The third-order valence-electron chi connectivity index (χ3n) is 3.70. The van der Waals surface area contributed by atoms with Gasteiger partial charge in [0.25, 0.3) is 5.03 Å². The van der Waals surface area contributed by atoms with Gasteiger partial charge >= 0.3 is 0 Å². The summed E-state index contributed by atoms with van der Waals surface area (Å²) >= 11 is 4.71. The summed E-state index contributed by atoms with van der Waals surface area (Å²) in [4.78, 5) is 10.7. The largest absolute Gasteiger partial charge is 0.610 e. The van der Waals surface area contributed by atoms with Crippen LogP contribution in [0, 0.1) is 0 Å². The number of piperidine rings is 1. The van der Waals surface area contributed by atoms with Crippen molar-refractivity contribution in [1.29, 1.82) is 0 Å². The van der Waals surface area contributed by atoms with E-state index in [0.29, 0.717) is 42.1 Å². The van der Waals surface area contributed by atoms with Gasteiger partial charge in [-0.25, -0.2) is 4.98 Å². The van der Waals surface area contributed by atoms with Crippen molar-refractivity contribution in [2.75, 3.05) is 24.4 Å². The summed E-state index contributed by atoms with van der Waals surface area (Å²) in [6.45, 7) is 1.09. The highest BCUT2D eigenvalue weighted by Crippen LogP contribution is 2.32. The number of morpholine rings is 1. The quantitative estimate of drug-likeness (QED) is 0.635. The van der Waals surface area contributed by atoms with E-state index < -0.39 is 11.2 Å². The minimum absolute atomic E-state index is 0.0526. The van der Waals surface area contributed by atoms with Gasteiger partial charge in [0.2, 0.25) is 5.95 Å². The number of aliphatic hydroxyl groups excluding tert-OH is 1. The highest BCUT2D eigenvalue weighted by atomic mass is 35.5. The number of halogens is 1. The summed E-state index contributed by atoms with van der Waals surface area (Å²) in [5.74, 6) is 0.518. The van der Waals surface area contributed by atoms with Crippen molar-refractivity contribution in [3.63, 3.8) is 0 Å². The molecule has 1 aromatic heterocycles. The number of fused-ring (bicyclic) bond motifs is 2. The Bertz CT molecular complexity index is 491. The summed E-state index contributed by atoms with van der Waals surface area (Å²) in [5, 5.41) is 10.5. The molecular formula is C12H16ClN3O3S. The molecule has 6 nitrogen and oxygen atoms in total. The van der Waals surface area contributed by atoms with E-state index in [1.54, 1.807) is 6.26 Å². The van der Waals surface area contributed by atoms with Crippen LogP contribution in [0.15, 0.2) is 11.2 Å². The fourth-order valence-corrected chi connectivity index (χ4v) is 3.84. The first-order valence-electron chi connectivity index (χ1n) is 6.46. The van der Waals surface area contributed by atoms with Crippen LogP contribution in [-0.2, 0) is 15.9 Å². The number of hydrogen-bond donors (Lipinski definition) is 1. The molecule has 1 N–H and O–H groups in total.